The summed E-state index contributed by atoms with van der Waals surface area (Å²) >= 11 is 6.55. The van der Waals surface area contributed by atoms with Crippen molar-refractivity contribution in [3.8, 4) is 17.6 Å². The lowest BCUT2D eigenvalue weighted by Gasteiger charge is -2.26. The van der Waals surface area contributed by atoms with E-state index in [2.05, 4.69) is 16.1 Å². The van der Waals surface area contributed by atoms with Gasteiger partial charge in [0.1, 0.15) is 53.7 Å². The molecule has 53 heavy (non-hydrogen) atoms. The summed E-state index contributed by atoms with van der Waals surface area (Å²) in [6.07, 6.45) is 2.55. The maximum atomic E-state index is 14.2. The first-order valence-corrected chi connectivity index (χ1v) is 19.8. The van der Waals surface area contributed by atoms with Crippen molar-refractivity contribution >= 4 is 42.1 Å². The van der Waals surface area contributed by atoms with Crippen LogP contribution in [0, 0.1) is 17.2 Å². The molecule has 0 radical (unpaired) electrons. The topological polar surface area (TPSA) is 179 Å². The average Bonchev–Trinajstić information content (AvgIpc) is 3.90. The largest absolute Gasteiger partial charge is 0.488 e. The Balaban J connectivity index is 1.18. The molecule has 3 fully saturated rings. The van der Waals surface area contributed by atoms with Gasteiger partial charge in [0.05, 0.1) is 24.0 Å². The summed E-state index contributed by atoms with van der Waals surface area (Å²) in [5, 5.41) is 13.3. The molecule has 17 heteroatoms. The molecule has 1 N–H and O–H groups in total. The zero-order valence-electron chi connectivity index (χ0n) is 30.2. The van der Waals surface area contributed by atoms with Crippen LogP contribution >= 0.6 is 19.1 Å². The van der Waals surface area contributed by atoms with E-state index in [1.165, 1.54) is 6.92 Å². The van der Waals surface area contributed by atoms with Crippen LogP contribution in [0.5, 0.6) is 11.5 Å². The second kappa shape index (κ2) is 16.3. The van der Waals surface area contributed by atoms with Gasteiger partial charge in [0.25, 0.3) is 0 Å². The summed E-state index contributed by atoms with van der Waals surface area (Å²) < 4.78 is 63.3. The molecule has 2 saturated heterocycles. The van der Waals surface area contributed by atoms with Gasteiger partial charge >= 0.3 is 19.5 Å². The fraction of sp³-hybridized carbons (Fsp3) is 0.556. The second-order valence-corrected chi connectivity index (χ2v) is 16.4. The number of benzene rings is 1. The molecule has 2 unspecified atom stereocenters. The highest BCUT2D eigenvalue weighted by atomic mass is 35.5. The van der Waals surface area contributed by atoms with Crippen molar-refractivity contribution in [1.82, 2.24) is 14.6 Å². The molecule has 1 aromatic carbocycles. The lowest BCUT2D eigenvalue weighted by molar-refractivity contribution is -0.201. The number of pyridine rings is 1. The lowest BCUT2D eigenvalue weighted by atomic mass is 10.1. The maximum absolute atomic E-state index is 14.2. The number of nitrogens with zero attached hydrogens (tertiary/aromatic N) is 3. The number of rotatable bonds is 15. The maximum Gasteiger partial charge on any atom is 0.342 e. The van der Waals surface area contributed by atoms with Gasteiger partial charge in [0, 0.05) is 6.20 Å². The third-order valence-corrected chi connectivity index (χ3v) is 11.1. The summed E-state index contributed by atoms with van der Waals surface area (Å²) in [4.78, 5) is 29.0. The molecule has 1 aliphatic carbocycles. The molecule has 3 aliphatic rings. The quantitative estimate of drug-likeness (QED) is 0.0796. The number of aromatic nitrogens is 2. The Hall–Kier alpha value is -3.74. The van der Waals surface area contributed by atoms with Crippen LogP contribution in [0.25, 0.3) is 11.0 Å². The summed E-state index contributed by atoms with van der Waals surface area (Å²) in [5.41, 5.74) is 0.625. The molecule has 6 rings (SSSR count). The van der Waals surface area contributed by atoms with Gasteiger partial charge < -0.3 is 42.2 Å². The van der Waals surface area contributed by atoms with Gasteiger partial charge in [-0.05, 0) is 64.7 Å². The SMILES string of the molecule is CC(C)C(=O)OCOC(=O)C(C)NP(=O)(COC[C@H]1O[C@@H](n2ccc3c(OC4CCCC4)c(C#N)c(Cl)nc32)[C@@H]2OC(C)(C)O[C@@H]21)Oc1ccccc1. The summed E-state index contributed by atoms with van der Waals surface area (Å²) in [7, 11) is -3.93. The molecule has 3 aromatic rings. The number of nitriles is 1. The Morgan fingerprint density at radius 2 is 1.79 bits per heavy atom. The third kappa shape index (κ3) is 8.98. The molecule has 2 aliphatic heterocycles. The Bertz CT molecular complexity index is 1880. The number of esters is 2. The van der Waals surface area contributed by atoms with E-state index in [0.29, 0.717) is 16.8 Å². The minimum absolute atomic E-state index is 0.0163. The standard InChI is InChI=1S/C36H44ClN4O11P/c1-21(2)34(42)46-19-47-35(43)22(3)40-53(44,52-24-13-7-6-8-14-24)20-45-18-27-29-30(51-36(4,5)50-29)33(49-27)41-16-15-25-28(48-23-11-9-10-12-23)26(17-38)31(37)39-32(25)41/h6-8,13-16,21-23,27,29-30,33H,9-12,18-20H2,1-5H3,(H,40,44)/t22?,27-,29-,30-,33-,53?/m1/s1. The lowest BCUT2D eigenvalue weighted by Crippen LogP contribution is -2.37. The van der Waals surface area contributed by atoms with Crippen molar-refractivity contribution in [3.63, 3.8) is 0 Å². The zero-order valence-corrected chi connectivity index (χ0v) is 31.8. The van der Waals surface area contributed by atoms with Gasteiger partial charge in [-0.3, -0.25) is 14.2 Å². The first-order valence-electron chi connectivity index (χ1n) is 17.6. The molecule has 0 bridgehead atoms. The Labute approximate surface area is 312 Å². The Kier molecular flexibility index (Phi) is 12.0. The van der Waals surface area contributed by atoms with E-state index in [1.54, 1.807) is 68.8 Å². The predicted octanol–water partition coefficient (Wildman–Crippen LogP) is 6.22. The van der Waals surface area contributed by atoms with Crippen molar-refractivity contribution in [1.29, 1.82) is 5.26 Å². The molecule has 286 valence electrons. The van der Waals surface area contributed by atoms with Gasteiger partial charge in [-0.25, -0.2) is 10.1 Å². The number of fused-ring (bicyclic) bond motifs is 2. The highest BCUT2D eigenvalue weighted by Gasteiger charge is 2.56. The summed E-state index contributed by atoms with van der Waals surface area (Å²) in [6.45, 7) is 7.67. The van der Waals surface area contributed by atoms with Crippen molar-refractivity contribution < 1.29 is 51.8 Å². The zero-order chi connectivity index (χ0) is 37.9. The predicted molar refractivity (Wildman–Crippen MR) is 190 cm³/mol. The van der Waals surface area contributed by atoms with Crippen molar-refractivity contribution in [2.75, 3.05) is 19.7 Å². The van der Waals surface area contributed by atoms with Crippen LogP contribution in [-0.4, -0.2) is 77.5 Å². The van der Waals surface area contributed by atoms with Crippen molar-refractivity contribution in [3.05, 3.63) is 53.3 Å². The normalized spacial score (nSPS) is 24.0. The van der Waals surface area contributed by atoms with Crippen molar-refractivity contribution in [2.24, 2.45) is 5.92 Å². The number of carbonyl (C=O) groups excluding carboxylic acids is 2. The van der Waals surface area contributed by atoms with Gasteiger partial charge in [-0.2, -0.15) is 5.26 Å². The van der Waals surface area contributed by atoms with Gasteiger partial charge in [-0.1, -0.05) is 43.6 Å². The number of ether oxygens (including phenoxy) is 7. The van der Waals surface area contributed by atoms with E-state index in [1.807, 2.05) is 6.07 Å². The number of halogens is 1. The molecule has 4 heterocycles. The summed E-state index contributed by atoms with van der Waals surface area (Å²) in [5.74, 6) is -2.02. The highest BCUT2D eigenvalue weighted by molar-refractivity contribution is 7.57. The highest BCUT2D eigenvalue weighted by Crippen LogP contribution is 2.47. The number of nitrogens with one attached hydrogen (secondary N) is 1. The average molecular weight is 775 g/mol. The number of hydrogen-bond acceptors (Lipinski definition) is 13. The van der Waals surface area contributed by atoms with Crippen LogP contribution in [0.1, 0.15) is 72.1 Å². The van der Waals surface area contributed by atoms with Gasteiger partial charge in [0.15, 0.2) is 22.9 Å². The van der Waals surface area contributed by atoms with Crippen LogP contribution in [0.2, 0.25) is 5.15 Å². The number of hydrogen-bond donors (Lipinski definition) is 1. The van der Waals surface area contributed by atoms with Crippen LogP contribution < -0.4 is 14.3 Å². The molecular formula is C36H44ClN4O11P. The van der Waals surface area contributed by atoms with E-state index >= 15 is 0 Å². The van der Waals surface area contributed by atoms with E-state index in [0.717, 1.165) is 25.7 Å². The second-order valence-electron chi connectivity index (χ2n) is 14.0. The Morgan fingerprint density at radius 3 is 2.49 bits per heavy atom. The van der Waals surface area contributed by atoms with Crippen LogP contribution in [0.15, 0.2) is 42.6 Å². The molecule has 0 spiro atoms. The van der Waals surface area contributed by atoms with Crippen molar-refractivity contribution in [2.45, 2.75) is 103 Å². The molecule has 6 atom stereocenters. The fourth-order valence-electron chi connectivity index (χ4n) is 6.54. The monoisotopic (exact) mass is 774 g/mol. The van der Waals surface area contributed by atoms with Gasteiger partial charge in [0.2, 0.25) is 6.79 Å². The first-order chi connectivity index (χ1) is 25.3. The van der Waals surface area contributed by atoms with Gasteiger partial charge in [-0.15, -0.1) is 0 Å². The van der Waals surface area contributed by atoms with Crippen LogP contribution in [0.3, 0.4) is 0 Å². The van der Waals surface area contributed by atoms with E-state index < -0.39 is 74.9 Å². The molecular weight excluding hydrogens is 731 g/mol. The Morgan fingerprint density at radius 1 is 1.09 bits per heavy atom. The van der Waals surface area contributed by atoms with Crippen LogP contribution in [-0.2, 0) is 42.6 Å². The molecule has 2 aromatic heterocycles. The minimum atomic E-state index is -3.93. The minimum Gasteiger partial charge on any atom is -0.488 e. The van der Waals surface area contributed by atoms with E-state index in [-0.39, 0.29) is 29.2 Å². The number of carbonyl (C=O) groups is 2. The third-order valence-electron chi connectivity index (χ3n) is 9.02. The molecule has 15 nitrogen and oxygen atoms in total. The smallest absolute Gasteiger partial charge is 0.342 e. The first kappa shape index (κ1) is 39.0. The number of para-hydroxylation sites is 1. The van der Waals surface area contributed by atoms with E-state index in [9.17, 15) is 19.4 Å². The molecule has 1 saturated carbocycles. The van der Waals surface area contributed by atoms with E-state index in [4.69, 9.17) is 49.3 Å². The molecule has 0 amide bonds. The van der Waals surface area contributed by atoms with Crippen LogP contribution in [0.4, 0.5) is 0 Å². The summed E-state index contributed by atoms with van der Waals surface area (Å²) in [6, 6.07) is 11.3. The fourth-order valence-corrected chi connectivity index (χ4v) is 8.43.